The maximum absolute atomic E-state index is 12.0. The molecule has 0 aliphatic carbocycles. The van der Waals surface area contributed by atoms with E-state index in [9.17, 15) is 4.79 Å². The first-order valence-corrected chi connectivity index (χ1v) is 6.49. The average Bonchev–Trinajstić information content (AvgIpc) is 2.98. The number of likely N-dealkylation sites (tertiary alicyclic amines) is 2. The first-order valence-electron chi connectivity index (χ1n) is 6.49. The second-order valence-corrected chi connectivity index (χ2v) is 5.03. The summed E-state index contributed by atoms with van der Waals surface area (Å²) >= 11 is 0. The molecule has 2 rings (SSSR count). The Hall–Kier alpha value is -0.650. The molecule has 5 heteroatoms. The Bertz CT molecular complexity index is 266. The fraction of sp³-hybridized carbons (Fsp3) is 0.917. The molecule has 2 atom stereocenters. The van der Waals surface area contributed by atoms with Gasteiger partial charge < -0.3 is 15.4 Å². The van der Waals surface area contributed by atoms with Gasteiger partial charge in [0, 0.05) is 26.2 Å². The van der Waals surface area contributed by atoms with E-state index in [4.69, 9.17) is 10.5 Å². The van der Waals surface area contributed by atoms with Gasteiger partial charge in [-0.3, -0.25) is 9.69 Å². The van der Waals surface area contributed by atoms with Crippen molar-refractivity contribution < 1.29 is 9.53 Å². The van der Waals surface area contributed by atoms with Crippen molar-refractivity contribution in [3.05, 3.63) is 0 Å². The highest BCUT2D eigenvalue weighted by Gasteiger charge is 2.33. The fourth-order valence-corrected chi connectivity index (χ4v) is 2.83. The predicted octanol–water partition coefficient (Wildman–Crippen LogP) is -0.343. The van der Waals surface area contributed by atoms with E-state index in [2.05, 4.69) is 4.90 Å². The number of carbonyl (C=O) groups excluding carboxylic acids is 1. The summed E-state index contributed by atoms with van der Waals surface area (Å²) in [6.07, 6.45) is 3.69. The van der Waals surface area contributed by atoms with Crippen molar-refractivity contribution in [2.24, 2.45) is 5.73 Å². The highest BCUT2D eigenvalue weighted by Crippen LogP contribution is 2.20. The summed E-state index contributed by atoms with van der Waals surface area (Å²) < 4.78 is 4.93. The third kappa shape index (κ3) is 2.97. The maximum Gasteiger partial charge on any atom is 0.241 e. The molecule has 17 heavy (non-hydrogen) atoms. The van der Waals surface area contributed by atoms with Crippen molar-refractivity contribution in [1.29, 1.82) is 0 Å². The van der Waals surface area contributed by atoms with Gasteiger partial charge in [0.25, 0.3) is 0 Å². The molecule has 0 aromatic carbocycles. The van der Waals surface area contributed by atoms with Gasteiger partial charge in [0.15, 0.2) is 0 Å². The minimum Gasteiger partial charge on any atom is -0.383 e. The normalized spacial score (nSPS) is 27.6. The van der Waals surface area contributed by atoms with E-state index in [0.29, 0.717) is 12.6 Å². The quantitative estimate of drug-likeness (QED) is 0.731. The van der Waals surface area contributed by atoms with Crippen LogP contribution in [0.4, 0.5) is 0 Å². The van der Waals surface area contributed by atoms with Crippen LogP contribution in [0.2, 0.25) is 0 Å². The lowest BCUT2D eigenvalue weighted by atomic mass is 10.2. The minimum absolute atomic E-state index is 0.0357. The molecule has 2 aliphatic rings. The zero-order chi connectivity index (χ0) is 12.3. The van der Waals surface area contributed by atoms with Gasteiger partial charge in [0.1, 0.15) is 6.04 Å². The zero-order valence-corrected chi connectivity index (χ0v) is 10.6. The second kappa shape index (κ2) is 5.80. The molecule has 0 aromatic rings. The molecule has 2 heterocycles. The van der Waals surface area contributed by atoms with E-state index >= 15 is 0 Å². The Balaban J connectivity index is 1.82. The van der Waals surface area contributed by atoms with Crippen LogP contribution in [0.5, 0.6) is 0 Å². The third-order valence-corrected chi connectivity index (χ3v) is 3.80. The number of nitrogens with zero attached hydrogens (tertiary/aromatic N) is 2. The molecule has 2 N–H and O–H groups in total. The number of carbonyl (C=O) groups is 1. The molecule has 0 radical (unpaired) electrons. The SMILES string of the molecule is COCC(N)C(=O)N1CCC(N2CCCC2)C1. The summed E-state index contributed by atoms with van der Waals surface area (Å²) in [7, 11) is 1.57. The van der Waals surface area contributed by atoms with Gasteiger partial charge in [0.2, 0.25) is 5.91 Å². The molecule has 5 nitrogen and oxygen atoms in total. The molecular formula is C12H23N3O2. The zero-order valence-electron chi connectivity index (χ0n) is 10.6. The largest absolute Gasteiger partial charge is 0.383 e. The molecule has 2 unspecified atom stereocenters. The van der Waals surface area contributed by atoms with Crippen molar-refractivity contribution in [2.75, 3.05) is 39.9 Å². The van der Waals surface area contributed by atoms with Crippen LogP contribution in [0.25, 0.3) is 0 Å². The lowest BCUT2D eigenvalue weighted by molar-refractivity contribution is -0.132. The second-order valence-electron chi connectivity index (χ2n) is 5.03. The lowest BCUT2D eigenvalue weighted by Gasteiger charge is -2.24. The highest BCUT2D eigenvalue weighted by atomic mass is 16.5. The van der Waals surface area contributed by atoms with Gasteiger partial charge in [-0.15, -0.1) is 0 Å². The molecule has 2 saturated heterocycles. The molecule has 98 valence electrons. The van der Waals surface area contributed by atoms with Gasteiger partial charge in [-0.05, 0) is 32.4 Å². The lowest BCUT2D eigenvalue weighted by Crippen LogP contribution is -2.46. The van der Waals surface area contributed by atoms with Crippen LogP contribution >= 0.6 is 0 Å². The van der Waals surface area contributed by atoms with E-state index in [-0.39, 0.29) is 5.91 Å². The van der Waals surface area contributed by atoms with Gasteiger partial charge in [0.05, 0.1) is 6.61 Å². The van der Waals surface area contributed by atoms with Gasteiger partial charge >= 0.3 is 0 Å². The van der Waals surface area contributed by atoms with Gasteiger partial charge in [-0.2, -0.15) is 0 Å². The molecule has 0 bridgehead atoms. The molecule has 0 saturated carbocycles. The van der Waals surface area contributed by atoms with Crippen LogP contribution in [0.1, 0.15) is 19.3 Å². The Morgan fingerprint density at radius 2 is 2.12 bits per heavy atom. The first-order chi connectivity index (χ1) is 8.22. The Morgan fingerprint density at radius 1 is 1.41 bits per heavy atom. The Kier molecular flexibility index (Phi) is 4.36. The Morgan fingerprint density at radius 3 is 2.76 bits per heavy atom. The van der Waals surface area contributed by atoms with Crippen LogP contribution < -0.4 is 5.73 Å². The van der Waals surface area contributed by atoms with E-state index in [1.807, 2.05) is 4.90 Å². The number of methoxy groups -OCH3 is 1. The van der Waals surface area contributed by atoms with Crippen molar-refractivity contribution in [1.82, 2.24) is 9.80 Å². The van der Waals surface area contributed by atoms with E-state index < -0.39 is 6.04 Å². The number of nitrogens with two attached hydrogens (primary N) is 1. The van der Waals surface area contributed by atoms with Crippen LogP contribution in [-0.2, 0) is 9.53 Å². The number of ether oxygens (including phenoxy) is 1. The molecule has 0 aromatic heterocycles. The van der Waals surface area contributed by atoms with Gasteiger partial charge in [-0.25, -0.2) is 0 Å². The molecule has 2 aliphatic heterocycles. The molecule has 1 amide bonds. The molecular weight excluding hydrogens is 218 g/mol. The topological polar surface area (TPSA) is 58.8 Å². The summed E-state index contributed by atoms with van der Waals surface area (Å²) in [5.41, 5.74) is 5.78. The van der Waals surface area contributed by atoms with Crippen LogP contribution in [0.15, 0.2) is 0 Å². The number of hydrogen-bond donors (Lipinski definition) is 1. The van der Waals surface area contributed by atoms with E-state index in [0.717, 1.165) is 19.5 Å². The Labute approximate surface area is 103 Å². The maximum atomic E-state index is 12.0. The standard InChI is InChI=1S/C12H23N3O2/c1-17-9-11(13)12(16)15-7-4-10(8-15)14-5-2-3-6-14/h10-11H,2-9,13H2,1H3. The van der Waals surface area contributed by atoms with Crippen molar-refractivity contribution in [2.45, 2.75) is 31.3 Å². The van der Waals surface area contributed by atoms with Crippen molar-refractivity contribution in [3.63, 3.8) is 0 Å². The van der Waals surface area contributed by atoms with Crippen molar-refractivity contribution in [3.8, 4) is 0 Å². The minimum atomic E-state index is -0.502. The molecule has 2 fully saturated rings. The summed E-state index contributed by atoms with van der Waals surface area (Å²) in [6.45, 7) is 4.38. The monoisotopic (exact) mass is 241 g/mol. The number of rotatable bonds is 4. The third-order valence-electron chi connectivity index (χ3n) is 3.80. The van der Waals surface area contributed by atoms with E-state index in [1.54, 1.807) is 7.11 Å². The number of amides is 1. The van der Waals surface area contributed by atoms with E-state index in [1.165, 1.54) is 25.9 Å². The highest BCUT2D eigenvalue weighted by molar-refractivity contribution is 5.82. The smallest absolute Gasteiger partial charge is 0.241 e. The summed E-state index contributed by atoms with van der Waals surface area (Å²) in [6, 6.07) is 0.0496. The van der Waals surface area contributed by atoms with Crippen LogP contribution in [0.3, 0.4) is 0 Å². The summed E-state index contributed by atoms with van der Waals surface area (Å²) in [5.74, 6) is 0.0357. The van der Waals surface area contributed by atoms with Crippen LogP contribution in [-0.4, -0.2) is 67.7 Å². The number of hydrogen-bond acceptors (Lipinski definition) is 4. The first kappa shape index (κ1) is 12.8. The van der Waals surface area contributed by atoms with Crippen LogP contribution in [0, 0.1) is 0 Å². The average molecular weight is 241 g/mol. The predicted molar refractivity (Wildman–Crippen MR) is 65.6 cm³/mol. The molecule has 0 spiro atoms. The fourth-order valence-electron chi connectivity index (χ4n) is 2.83. The van der Waals surface area contributed by atoms with Crippen molar-refractivity contribution >= 4 is 5.91 Å². The van der Waals surface area contributed by atoms with Gasteiger partial charge in [-0.1, -0.05) is 0 Å². The summed E-state index contributed by atoms with van der Waals surface area (Å²) in [5, 5.41) is 0. The summed E-state index contributed by atoms with van der Waals surface area (Å²) in [4.78, 5) is 16.4.